The molecule has 7 heteroatoms. The fourth-order valence-electron chi connectivity index (χ4n) is 2.83. The van der Waals surface area contributed by atoms with Crippen LogP contribution in [0.5, 0.6) is 0 Å². The van der Waals surface area contributed by atoms with Gasteiger partial charge >= 0.3 is 0 Å². The first-order chi connectivity index (χ1) is 12.9. The van der Waals surface area contributed by atoms with Crippen molar-refractivity contribution in [2.24, 2.45) is 0 Å². The van der Waals surface area contributed by atoms with E-state index in [0.717, 1.165) is 30.2 Å². The van der Waals surface area contributed by atoms with Crippen molar-refractivity contribution in [3.05, 3.63) is 36.0 Å². The molecule has 6 nitrogen and oxygen atoms in total. The lowest BCUT2D eigenvalue weighted by molar-refractivity contribution is 0.439. The largest absolute Gasteiger partial charge is 0.350 e. The molecule has 1 aliphatic rings. The van der Waals surface area contributed by atoms with Gasteiger partial charge in [-0.25, -0.2) is 4.98 Å². The number of nitrogens with one attached hydrogen (secondary N) is 4. The Bertz CT molecular complexity index is 752. The average Bonchev–Trinajstić information content (AvgIpc) is 2.63. The second kappa shape index (κ2) is 8.91. The van der Waals surface area contributed by atoms with E-state index in [1.807, 2.05) is 13.1 Å². The molecule has 4 N–H and O–H groups in total. The molecule has 3 rings (SSSR count). The van der Waals surface area contributed by atoms with Crippen LogP contribution in [0.15, 0.2) is 35.4 Å². The highest BCUT2D eigenvalue weighted by atomic mass is 32.2. The quantitative estimate of drug-likeness (QED) is 0.557. The number of rotatable bonds is 6. The van der Waals surface area contributed by atoms with Crippen LogP contribution in [0.3, 0.4) is 0 Å². The van der Waals surface area contributed by atoms with Gasteiger partial charge in [0.2, 0.25) is 5.95 Å². The number of anilines is 3. The van der Waals surface area contributed by atoms with E-state index in [9.17, 15) is 0 Å². The molecule has 0 atom stereocenters. The molecule has 0 amide bonds. The monoisotopic (exact) mass is 386 g/mol. The van der Waals surface area contributed by atoms with Crippen molar-refractivity contribution >= 4 is 29.4 Å². The molecule has 27 heavy (non-hydrogen) atoms. The van der Waals surface area contributed by atoms with Crippen molar-refractivity contribution in [1.29, 1.82) is 0 Å². The lowest BCUT2D eigenvalue weighted by atomic mass is 10.1. The van der Waals surface area contributed by atoms with Gasteiger partial charge in [0.1, 0.15) is 5.82 Å². The third kappa shape index (κ3) is 6.37. The standard InChI is InChI=1S/C20H30N6S/c1-14-13-22-19(25-20(2,3)4)24-18(14)23-16-6-5-7-17(12-16)27-26-15-8-10-21-11-9-15/h5-7,12-13,15,21,26H,8-11H2,1-4H3,(H2,22,23,24,25). The van der Waals surface area contributed by atoms with Crippen molar-refractivity contribution in [2.75, 3.05) is 23.7 Å². The van der Waals surface area contributed by atoms with E-state index in [1.165, 1.54) is 17.7 Å². The summed E-state index contributed by atoms with van der Waals surface area (Å²) in [6.07, 6.45) is 4.20. The Balaban J connectivity index is 1.65. The third-order valence-corrected chi connectivity index (χ3v) is 5.18. The van der Waals surface area contributed by atoms with Gasteiger partial charge in [0.05, 0.1) is 0 Å². The molecule has 0 saturated carbocycles. The Hall–Kier alpha value is -1.83. The van der Waals surface area contributed by atoms with Crippen molar-refractivity contribution in [3.8, 4) is 0 Å². The Morgan fingerprint density at radius 2 is 1.96 bits per heavy atom. The highest BCUT2D eigenvalue weighted by Crippen LogP contribution is 2.25. The molecular formula is C20H30N6S. The molecule has 1 saturated heterocycles. The Kier molecular flexibility index (Phi) is 6.57. The van der Waals surface area contributed by atoms with Gasteiger partial charge in [-0.3, -0.25) is 4.72 Å². The Labute approximate surface area is 166 Å². The van der Waals surface area contributed by atoms with E-state index in [2.05, 4.69) is 75.7 Å². The van der Waals surface area contributed by atoms with Gasteiger partial charge in [0.15, 0.2) is 0 Å². The Morgan fingerprint density at radius 1 is 1.19 bits per heavy atom. The second-order valence-electron chi connectivity index (χ2n) is 8.00. The van der Waals surface area contributed by atoms with Crippen LogP contribution in [0.1, 0.15) is 39.2 Å². The first kappa shape index (κ1) is 19.9. The molecule has 0 spiro atoms. The lowest BCUT2D eigenvalue weighted by Gasteiger charge is -2.23. The van der Waals surface area contributed by atoms with Crippen LogP contribution < -0.4 is 20.7 Å². The maximum Gasteiger partial charge on any atom is 0.225 e. The van der Waals surface area contributed by atoms with Gasteiger partial charge in [-0.2, -0.15) is 4.98 Å². The zero-order valence-electron chi connectivity index (χ0n) is 16.6. The number of benzene rings is 1. The normalized spacial score (nSPS) is 15.6. The molecule has 2 heterocycles. The number of aromatic nitrogens is 2. The van der Waals surface area contributed by atoms with Gasteiger partial charge in [0.25, 0.3) is 0 Å². The minimum Gasteiger partial charge on any atom is -0.350 e. The summed E-state index contributed by atoms with van der Waals surface area (Å²) in [5, 5.41) is 10.2. The van der Waals surface area contributed by atoms with E-state index >= 15 is 0 Å². The van der Waals surface area contributed by atoms with Crippen molar-refractivity contribution in [2.45, 2.75) is 57.0 Å². The zero-order valence-corrected chi connectivity index (χ0v) is 17.4. The number of aryl methyl sites for hydroxylation is 1. The fourth-order valence-corrected chi connectivity index (χ4v) is 3.70. The first-order valence-corrected chi connectivity index (χ1v) is 10.3. The van der Waals surface area contributed by atoms with E-state index < -0.39 is 0 Å². The molecule has 1 fully saturated rings. The van der Waals surface area contributed by atoms with Gasteiger partial charge in [-0.05, 0) is 83.8 Å². The number of piperidine rings is 1. The summed E-state index contributed by atoms with van der Waals surface area (Å²) in [5.41, 5.74) is 1.96. The topological polar surface area (TPSA) is 73.9 Å². The van der Waals surface area contributed by atoms with E-state index in [1.54, 1.807) is 11.9 Å². The summed E-state index contributed by atoms with van der Waals surface area (Å²) < 4.78 is 3.59. The zero-order chi connectivity index (χ0) is 19.3. The van der Waals surface area contributed by atoms with Gasteiger partial charge < -0.3 is 16.0 Å². The predicted octanol–water partition coefficient (Wildman–Crippen LogP) is 4.09. The number of hydrogen-bond donors (Lipinski definition) is 4. The molecule has 1 aromatic heterocycles. The predicted molar refractivity (Wildman–Crippen MR) is 115 cm³/mol. The van der Waals surface area contributed by atoms with E-state index in [0.29, 0.717) is 12.0 Å². The fraction of sp³-hybridized carbons (Fsp3) is 0.500. The van der Waals surface area contributed by atoms with Crippen LogP contribution in [0.2, 0.25) is 0 Å². The highest BCUT2D eigenvalue weighted by Gasteiger charge is 2.14. The van der Waals surface area contributed by atoms with Crippen molar-refractivity contribution in [1.82, 2.24) is 20.0 Å². The van der Waals surface area contributed by atoms with Crippen LogP contribution in [0, 0.1) is 6.92 Å². The molecule has 0 unspecified atom stereocenters. The van der Waals surface area contributed by atoms with E-state index in [4.69, 9.17) is 0 Å². The summed E-state index contributed by atoms with van der Waals surface area (Å²) in [4.78, 5) is 10.2. The maximum atomic E-state index is 4.64. The summed E-state index contributed by atoms with van der Waals surface area (Å²) in [6.45, 7) is 10.5. The molecule has 0 bridgehead atoms. The van der Waals surface area contributed by atoms with Gasteiger partial charge in [-0.1, -0.05) is 6.07 Å². The summed E-state index contributed by atoms with van der Waals surface area (Å²) in [7, 11) is 0. The first-order valence-electron chi connectivity index (χ1n) is 9.51. The summed E-state index contributed by atoms with van der Waals surface area (Å²) in [5.74, 6) is 1.46. The van der Waals surface area contributed by atoms with Crippen LogP contribution in [-0.2, 0) is 0 Å². The minimum absolute atomic E-state index is 0.0800. The molecule has 146 valence electrons. The SMILES string of the molecule is Cc1cnc(NC(C)(C)C)nc1Nc1cccc(SNC2CCNCC2)c1. The van der Waals surface area contributed by atoms with Gasteiger partial charge in [0, 0.05) is 33.9 Å². The maximum absolute atomic E-state index is 4.64. The molecule has 2 aromatic rings. The van der Waals surface area contributed by atoms with Crippen molar-refractivity contribution in [3.63, 3.8) is 0 Å². The van der Waals surface area contributed by atoms with Gasteiger partial charge in [-0.15, -0.1) is 0 Å². The third-order valence-electron chi connectivity index (χ3n) is 4.24. The smallest absolute Gasteiger partial charge is 0.225 e. The molecule has 0 aliphatic carbocycles. The second-order valence-corrected chi connectivity index (χ2v) is 8.91. The molecule has 1 aliphatic heterocycles. The minimum atomic E-state index is -0.0800. The lowest BCUT2D eigenvalue weighted by Crippen LogP contribution is -2.37. The van der Waals surface area contributed by atoms with Crippen molar-refractivity contribution < 1.29 is 0 Å². The van der Waals surface area contributed by atoms with Crippen LogP contribution in [-0.4, -0.2) is 34.6 Å². The molecular weight excluding hydrogens is 356 g/mol. The highest BCUT2D eigenvalue weighted by molar-refractivity contribution is 7.97. The molecule has 1 aromatic carbocycles. The average molecular weight is 387 g/mol. The summed E-state index contributed by atoms with van der Waals surface area (Å²) >= 11 is 1.70. The van der Waals surface area contributed by atoms with Crippen LogP contribution in [0.25, 0.3) is 0 Å². The van der Waals surface area contributed by atoms with E-state index in [-0.39, 0.29) is 5.54 Å². The van der Waals surface area contributed by atoms with Crippen LogP contribution >= 0.6 is 11.9 Å². The Morgan fingerprint density at radius 3 is 2.70 bits per heavy atom. The molecule has 0 radical (unpaired) electrons. The number of hydrogen-bond acceptors (Lipinski definition) is 7. The number of nitrogens with zero attached hydrogens (tertiary/aromatic N) is 2. The summed E-state index contributed by atoms with van der Waals surface area (Å²) in [6, 6.07) is 8.98. The van der Waals surface area contributed by atoms with Crippen LogP contribution in [0.4, 0.5) is 17.5 Å².